The van der Waals surface area contributed by atoms with E-state index < -0.39 is 30.1 Å². The summed E-state index contributed by atoms with van der Waals surface area (Å²) < 4.78 is 22.6. The number of benzene rings is 2. The number of aliphatic hydroxyl groups excluding tert-OH is 2. The van der Waals surface area contributed by atoms with Gasteiger partial charge in [-0.15, -0.1) is 0 Å². The van der Waals surface area contributed by atoms with E-state index >= 15 is 0 Å². The fraction of sp³-hybridized carbons (Fsp3) is 0.433. The molecule has 0 radical (unpaired) electrons. The van der Waals surface area contributed by atoms with Crippen LogP contribution in [-0.2, 0) is 16.1 Å². The van der Waals surface area contributed by atoms with E-state index in [0.29, 0.717) is 46.8 Å². The number of rotatable bonds is 11. The van der Waals surface area contributed by atoms with Crippen LogP contribution in [0, 0.1) is 0 Å². The Morgan fingerprint density at radius 1 is 1.20 bits per heavy atom. The normalized spacial score (nSPS) is 21.7. The van der Waals surface area contributed by atoms with Gasteiger partial charge in [0.1, 0.15) is 18.5 Å². The highest BCUT2D eigenvalue weighted by molar-refractivity contribution is 5.96. The van der Waals surface area contributed by atoms with Crippen molar-refractivity contribution < 1.29 is 43.5 Å². The zero-order valence-electron chi connectivity index (χ0n) is 23.0. The van der Waals surface area contributed by atoms with Crippen molar-refractivity contribution in [3.63, 3.8) is 0 Å². The van der Waals surface area contributed by atoms with Crippen LogP contribution >= 0.6 is 0 Å². The van der Waals surface area contributed by atoms with Crippen molar-refractivity contribution >= 4 is 18.1 Å². The molecule has 2 aromatic carbocycles. The second-order valence-electron chi connectivity index (χ2n) is 10.2. The molecule has 2 heterocycles. The van der Waals surface area contributed by atoms with Crippen LogP contribution in [0.3, 0.4) is 0 Å². The number of hydrogen-bond acceptors (Lipinski definition) is 9. The third kappa shape index (κ3) is 5.47. The highest BCUT2D eigenvalue weighted by atomic mass is 16.7. The Labute approximate surface area is 237 Å². The van der Waals surface area contributed by atoms with Crippen molar-refractivity contribution in [1.29, 1.82) is 0 Å². The maximum Gasteiger partial charge on any atom is 0.247 e. The van der Waals surface area contributed by atoms with Crippen molar-refractivity contribution in [2.75, 3.05) is 27.1 Å². The number of aldehydes is 1. The molecule has 0 spiro atoms. The predicted octanol–water partition coefficient (Wildman–Crippen LogP) is 2.08. The second kappa shape index (κ2) is 12.2. The Hall–Kier alpha value is -4.09. The number of carbonyl (C=O) groups is 3. The minimum Gasteiger partial charge on any atom is -0.493 e. The number of carbonyl (C=O) groups excluding carboxylic acids is 3. The summed E-state index contributed by atoms with van der Waals surface area (Å²) in [4.78, 5) is 40.3. The molecule has 0 bridgehead atoms. The quantitative estimate of drug-likeness (QED) is 0.348. The van der Waals surface area contributed by atoms with Gasteiger partial charge in [0, 0.05) is 36.2 Å². The van der Waals surface area contributed by atoms with E-state index in [0.717, 1.165) is 12.0 Å². The van der Waals surface area contributed by atoms with Crippen LogP contribution in [0.15, 0.2) is 42.0 Å². The minimum absolute atomic E-state index is 0.0164. The van der Waals surface area contributed by atoms with Crippen molar-refractivity contribution in [1.82, 2.24) is 10.2 Å². The summed E-state index contributed by atoms with van der Waals surface area (Å²) in [5.41, 5.74) is 1.89. The summed E-state index contributed by atoms with van der Waals surface area (Å²) in [6, 6.07) is 7.64. The van der Waals surface area contributed by atoms with Gasteiger partial charge in [-0.25, -0.2) is 0 Å². The molecule has 2 amide bonds. The number of aliphatic hydroxyl groups is 2. The molecule has 0 fully saturated rings. The first-order valence-corrected chi connectivity index (χ1v) is 13.7. The molecule has 0 saturated heterocycles. The van der Waals surface area contributed by atoms with Gasteiger partial charge in [-0.2, -0.15) is 0 Å². The molecule has 11 heteroatoms. The molecule has 0 saturated carbocycles. The van der Waals surface area contributed by atoms with Gasteiger partial charge in [0.05, 0.1) is 25.7 Å². The first-order chi connectivity index (χ1) is 19.9. The van der Waals surface area contributed by atoms with Crippen molar-refractivity contribution in [3.8, 4) is 23.0 Å². The molecule has 3 N–H and O–H groups in total. The average Bonchev–Trinajstić information content (AvgIpc) is 3.62. The van der Waals surface area contributed by atoms with E-state index in [2.05, 4.69) is 5.32 Å². The van der Waals surface area contributed by atoms with Crippen LogP contribution < -0.4 is 24.3 Å². The van der Waals surface area contributed by atoms with E-state index in [4.69, 9.17) is 18.9 Å². The largest absolute Gasteiger partial charge is 0.493 e. The van der Waals surface area contributed by atoms with Gasteiger partial charge in [-0.3, -0.25) is 14.4 Å². The Morgan fingerprint density at radius 3 is 2.73 bits per heavy atom. The highest BCUT2D eigenvalue weighted by Gasteiger charge is 2.51. The molecule has 41 heavy (non-hydrogen) atoms. The molecule has 218 valence electrons. The Bertz CT molecular complexity index is 1360. The standard InChI is InChI=1S/C30H34N2O9/c1-3-4-5-25(35)32(14-17-6-7-22-23(11-17)40-16-39-22)21-13-20(30(37)31-8-9-33)26-19-10-18(15-34)12-24(38-2)28(19)41-29(26)27(21)36/h6-7,10-13,15,21,26-27,29,33,36H,3-5,8-9,14,16H2,1-2H3,(H,31,37)/t21-,26+,27+,29+/m1/s1. The summed E-state index contributed by atoms with van der Waals surface area (Å²) in [5.74, 6) is 0.419. The molecule has 3 aliphatic rings. The topological polar surface area (TPSA) is 144 Å². The number of ether oxygens (including phenoxy) is 4. The summed E-state index contributed by atoms with van der Waals surface area (Å²) in [5, 5.41) is 23.8. The van der Waals surface area contributed by atoms with Crippen molar-refractivity contribution in [2.45, 2.75) is 56.9 Å². The summed E-state index contributed by atoms with van der Waals surface area (Å²) in [6.45, 7) is 2.00. The molecule has 2 aromatic rings. The van der Waals surface area contributed by atoms with Crippen molar-refractivity contribution in [3.05, 3.63) is 58.7 Å². The smallest absolute Gasteiger partial charge is 0.247 e. The molecule has 4 atom stereocenters. The van der Waals surface area contributed by atoms with Gasteiger partial charge < -0.3 is 39.4 Å². The predicted molar refractivity (Wildman–Crippen MR) is 146 cm³/mol. The van der Waals surface area contributed by atoms with Crippen LogP contribution in [0.25, 0.3) is 0 Å². The second-order valence-corrected chi connectivity index (χ2v) is 10.2. The van der Waals surface area contributed by atoms with Gasteiger partial charge in [-0.1, -0.05) is 19.4 Å². The number of methoxy groups -OCH3 is 1. The molecule has 11 nitrogen and oxygen atoms in total. The van der Waals surface area contributed by atoms with E-state index in [1.807, 2.05) is 13.0 Å². The van der Waals surface area contributed by atoms with Gasteiger partial charge in [-0.05, 0) is 42.3 Å². The molecule has 2 aliphatic heterocycles. The number of amides is 2. The summed E-state index contributed by atoms with van der Waals surface area (Å²) in [7, 11) is 1.44. The number of unbranched alkanes of at least 4 members (excludes halogenated alkanes) is 1. The monoisotopic (exact) mass is 566 g/mol. The minimum atomic E-state index is -1.22. The number of nitrogens with one attached hydrogen (secondary N) is 1. The lowest BCUT2D eigenvalue weighted by atomic mass is 9.77. The van der Waals surface area contributed by atoms with Gasteiger partial charge in [0.25, 0.3) is 0 Å². The maximum atomic E-state index is 13.6. The number of nitrogens with zero attached hydrogens (tertiary/aromatic N) is 1. The van der Waals surface area contributed by atoms with Gasteiger partial charge in [0.2, 0.25) is 18.6 Å². The number of fused-ring (bicyclic) bond motifs is 4. The van der Waals surface area contributed by atoms with Crippen LogP contribution in [0.2, 0.25) is 0 Å². The Kier molecular flexibility index (Phi) is 8.46. The third-order valence-corrected chi connectivity index (χ3v) is 7.63. The Balaban J connectivity index is 1.57. The number of hydrogen-bond donors (Lipinski definition) is 3. The first-order valence-electron chi connectivity index (χ1n) is 13.7. The summed E-state index contributed by atoms with van der Waals surface area (Å²) >= 11 is 0. The van der Waals surface area contributed by atoms with Gasteiger partial charge in [0.15, 0.2) is 23.0 Å². The zero-order valence-corrected chi connectivity index (χ0v) is 23.0. The fourth-order valence-corrected chi connectivity index (χ4v) is 5.63. The maximum absolute atomic E-state index is 13.6. The lowest BCUT2D eigenvalue weighted by Crippen LogP contribution is -2.55. The average molecular weight is 567 g/mol. The van der Waals surface area contributed by atoms with Crippen LogP contribution in [-0.4, -0.2) is 78.5 Å². The van der Waals surface area contributed by atoms with E-state index in [1.165, 1.54) is 13.2 Å². The van der Waals surface area contributed by atoms with Gasteiger partial charge >= 0.3 is 0 Å². The molecular formula is C30H34N2O9. The highest BCUT2D eigenvalue weighted by Crippen LogP contribution is 2.51. The van der Waals surface area contributed by atoms with E-state index in [-0.39, 0.29) is 44.4 Å². The van der Waals surface area contributed by atoms with Crippen LogP contribution in [0.4, 0.5) is 0 Å². The van der Waals surface area contributed by atoms with Crippen molar-refractivity contribution in [2.24, 2.45) is 0 Å². The van der Waals surface area contributed by atoms with Crippen LogP contribution in [0.5, 0.6) is 23.0 Å². The lowest BCUT2D eigenvalue weighted by molar-refractivity contribution is -0.138. The third-order valence-electron chi connectivity index (χ3n) is 7.63. The molecule has 5 rings (SSSR count). The van der Waals surface area contributed by atoms with E-state index in [9.17, 15) is 24.6 Å². The van der Waals surface area contributed by atoms with E-state index in [1.54, 1.807) is 29.2 Å². The molecule has 0 aromatic heterocycles. The lowest BCUT2D eigenvalue weighted by Gasteiger charge is -2.41. The SMILES string of the molecule is CCCCC(=O)N(Cc1ccc2c(c1)OCO2)[C@@H]1C=C(C(=O)NCCO)[C@@H]2c3cc(C=O)cc(OC)c3O[C@@H]2[C@H]1O. The molecule has 0 unspecified atom stereocenters. The molecule has 1 aliphatic carbocycles. The van der Waals surface area contributed by atoms with Crippen LogP contribution in [0.1, 0.15) is 53.6 Å². The fourth-order valence-electron chi connectivity index (χ4n) is 5.63. The molecular weight excluding hydrogens is 532 g/mol. The zero-order chi connectivity index (χ0) is 29.1. The Morgan fingerprint density at radius 2 is 2.00 bits per heavy atom. The summed E-state index contributed by atoms with van der Waals surface area (Å²) in [6.07, 6.45) is 1.85. The first kappa shape index (κ1) is 28.4.